The highest BCUT2D eigenvalue weighted by Crippen LogP contribution is 2.32. The third-order valence-corrected chi connectivity index (χ3v) is 7.63. The zero-order valence-corrected chi connectivity index (χ0v) is 19.4. The van der Waals surface area contributed by atoms with Crippen LogP contribution in [0.15, 0.2) is 52.7 Å². The van der Waals surface area contributed by atoms with Crippen LogP contribution in [0.2, 0.25) is 0 Å². The lowest BCUT2D eigenvalue weighted by atomic mass is 10.1. The number of sulfonamides is 1. The number of nitrogens with one attached hydrogen (secondary N) is 2. The maximum Gasteiger partial charge on any atom is 0.293 e. The van der Waals surface area contributed by atoms with Crippen molar-refractivity contribution in [2.75, 3.05) is 24.7 Å². The number of hydrogen-bond acceptors (Lipinski definition) is 8. The van der Waals surface area contributed by atoms with Gasteiger partial charge < -0.3 is 5.32 Å². The molecule has 1 aliphatic rings. The molecule has 2 N–H and O–H groups in total. The summed E-state index contributed by atoms with van der Waals surface area (Å²) in [7, 11) is -0.602. The summed E-state index contributed by atoms with van der Waals surface area (Å²) in [5.74, 6) is -0.510. The molecule has 1 heterocycles. The first-order chi connectivity index (χ1) is 15.6. The van der Waals surface area contributed by atoms with Crippen molar-refractivity contribution in [3.8, 4) is 11.3 Å². The van der Waals surface area contributed by atoms with E-state index in [1.54, 1.807) is 23.6 Å². The number of thiazole rings is 1. The molecule has 0 unspecified atom stereocenters. The zero-order valence-electron chi connectivity index (χ0n) is 17.8. The average Bonchev–Trinajstić information content (AvgIpc) is 3.48. The second-order valence-electron chi connectivity index (χ2n) is 7.71. The minimum atomic E-state index is -3.53. The molecular weight excluding hydrogens is 466 g/mol. The van der Waals surface area contributed by atoms with Gasteiger partial charge in [0.15, 0.2) is 5.13 Å². The number of nitrogens with zero attached hydrogens (tertiary/aromatic N) is 3. The van der Waals surface area contributed by atoms with Crippen LogP contribution in [0.5, 0.6) is 0 Å². The number of aromatic nitrogens is 1. The van der Waals surface area contributed by atoms with Gasteiger partial charge in [-0.3, -0.25) is 20.2 Å². The van der Waals surface area contributed by atoms with E-state index in [4.69, 9.17) is 0 Å². The number of hydrogen-bond donors (Lipinski definition) is 2. The van der Waals surface area contributed by atoms with Gasteiger partial charge in [-0.25, -0.2) is 17.7 Å². The summed E-state index contributed by atoms with van der Waals surface area (Å²) < 4.78 is 25.5. The fourth-order valence-electron chi connectivity index (χ4n) is 3.04. The number of anilines is 2. The molecule has 3 aromatic rings. The van der Waals surface area contributed by atoms with Crippen LogP contribution in [-0.2, 0) is 10.0 Å². The van der Waals surface area contributed by atoms with E-state index in [-0.39, 0.29) is 22.2 Å². The highest BCUT2D eigenvalue weighted by atomic mass is 32.2. The lowest BCUT2D eigenvalue weighted by molar-refractivity contribution is -0.384. The number of benzene rings is 2. The van der Waals surface area contributed by atoms with Gasteiger partial charge in [0.05, 0.1) is 15.5 Å². The molecule has 10 nitrogen and oxygen atoms in total. The van der Waals surface area contributed by atoms with Crippen molar-refractivity contribution < 1.29 is 18.1 Å². The van der Waals surface area contributed by atoms with Crippen LogP contribution >= 0.6 is 11.3 Å². The van der Waals surface area contributed by atoms with Crippen molar-refractivity contribution in [1.29, 1.82) is 0 Å². The van der Waals surface area contributed by atoms with Crippen LogP contribution in [0, 0.1) is 10.1 Å². The SMILES string of the molecule is CN(C)S(=O)(=O)c1ccc(-c2csc(NC(=O)c3ccc(NC4CC4)c([N+](=O)[O-])c3)n2)cc1. The Bertz CT molecular complexity index is 1320. The van der Waals surface area contributed by atoms with Gasteiger partial charge >= 0.3 is 0 Å². The van der Waals surface area contributed by atoms with Crippen LogP contribution < -0.4 is 10.6 Å². The molecule has 2 aromatic carbocycles. The summed E-state index contributed by atoms with van der Waals surface area (Å²) in [6.45, 7) is 0. The molecule has 0 radical (unpaired) electrons. The number of nitro benzene ring substituents is 1. The van der Waals surface area contributed by atoms with Crippen LogP contribution in [0.4, 0.5) is 16.5 Å². The molecule has 12 heteroatoms. The van der Waals surface area contributed by atoms with Gasteiger partial charge in [-0.1, -0.05) is 12.1 Å². The van der Waals surface area contributed by atoms with Crippen LogP contribution in [0.3, 0.4) is 0 Å². The second-order valence-corrected chi connectivity index (χ2v) is 10.7. The van der Waals surface area contributed by atoms with Crippen molar-refractivity contribution in [3.05, 3.63) is 63.5 Å². The number of carbonyl (C=O) groups excluding carboxylic acids is 1. The predicted molar refractivity (Wildman–Crippen MR) is 126 cm³/mol. The Balaban J connectivity index is 1.49. The number of nitro groups is 1. The molecule has 1 amide bonds. The molecule has 0 bridgehead atoms. The average molecular weight is 488 g/mol. The van der Waals surface area contributed by atoms with Crippen molar-refractivity contribution in [2.24, 2.45) is 0 Å². The second kappa shape index (κ2) is 8.89. The summed E-state index contributed by atoms with van der Waals surface area (Å²) in [4.78, 5) is 28.1. The third-order valence-electron chi connectivity index (χ3n) is 5.05. The Morgan fingerprint density at radius 3 is 2.48 bits per heavy atom. The maximum atomic E-state index is 12.6. The number of rotatable bonds is 8. The molecule has 0 spiro atoms. The first-order valence-electron chi connectivity index (χ1n) is 10.00. The standard InChI is InChI=1S/C21H21N5O5S2/c1-25(2)33(30,31)16-8-3-13(4-9-16)18-12-32-21(23-18)24-20(27)14-5-10-17(22-15-6-7-15)19(11-14)26(28)29/h3-5,8-12,15,22H,6-7H2,1-2H3,(H,23,24,27). The van der Waals surface area contributed by atoms with Crippen LogP contribution in [-0.4, -0.2) is 48.7 Å². The molecule has 0 aliphatic heterocycles. The van der Waals surface area contributed by atoms with Gasteiger partial charge in [0.25, 0.3) is 11.6 Å². The maximum absolute atomic E-state index is 12.6. The van der Waals surface area contributed by atoms with Gasteiger partial charge in [0.1, 0.15) is 5.69 Å². The molecule has 0 atom stereocenters. The minimum Gasteiger partial charge on any atom is -0.377 e. The minimum absolute atomic E-state index is 0.151. The van der Waals surface area contributed by atoms with E-state index < -0.39 is 20.9 Å². The summed E-state index contributed by atoms with van der Waals surface area (Å²) in [6.07, 6.45) is 1.94. The van der Waals surface area contributed by atoms with Gasteiger partial charge in [-0.05, 0) is 37.1 Å². The van der Waals surface area contributed by atoms with E-state index in [2.05, 4.69) is 15.6 Å². The van der Waals surface area contributed by atoms with E-state index in [1.165, 1.54) is 49.7 Å². The topological polar surface area (TPSA) is 135 Å². The quantitative estimate of drug-likeness (QED) is 0.364. The van der Waals surface area contributed by atoms with Crippen LogP contribution in [0.25, 0.3) is 11.3 Å². The highest BCUT2D eigenvalue weighted by molar-refractivity contribution is 7.89. The molecule has 1 aliphatic carbocycles. The Kier molecular flexibility index (Phi) is 6.15. The number of amides is 1. The molecule has 1 saturated carbocycles. The lowest BCUT2D eigenvalue weighted by Gasteiger charge is -2.11. The monoisotopic (exact) mass is 487 g/mol. The molecule has 1 aromatic heterocycles. The van der Waals surface area contributed by atoms with Crippen molar-refractivity contribution in [2.45, 2.75) is 23.8 Å². The van der Waals surface area contributed by atoms with Crippen molar-refractivity contribution in [1.82, 2.24) is 9.29 Å². The zero-order chi connectivity index (χ0) is 23.8. The molecule has 4 rings (SSSR count). The molecule has 33 heavy (non-hydrogen) atoms. The first kappa shape index (κ1) is 22.8. The van der Waals surface area contributed by atoms with E-state index in [9.17, 15) is 23.3 Å². The fraction of sp³-hybridized carbons (Fsp3) is 0.238. The molecular formula is C21H21N5O5S2. The predicted octanol–water partition coefficient (Wildman–Crippen LogP) is 3.80. The highest BCUT2D eigenvalue weighted by Gasteiger charge is 2.26. The van der Waals surface area contributed by atoms with E-state index in [1.807, 2.05) is 0 Å². The molecule has 1 fully saturated rings. The lowest BCUT2D eigenvalue weighted by Crippen LogP contribution is -2.22. The van der Waals surface area contributed by atoms with Crippen molar-refractivity contribution >= 4 is 43.8 Å². The number of carbonyl (C=O) groups is 1. The Hall–Kier alpha value is -3.35. The van der Waals surface area contributed by atoms with E-state index in [0.29, 0.717) is 22.1 Å². The summed E-state index contributed by atoms with van der Waals surface area (Å²) in [5.41, 5.74) is 1.66. The Labute approximate surface area is 194 Å². The molecule has 172 valence electrons. The van der Waals surface area contributed by atoms with Gasteiger partial charge in [0.2, 0.25) is 10.0 Å². The smallest absolute Gasteiger partial charge is 0.293 e. The first-order valence-corrected chi connectivity index (χ1v) is 12.3. The molecule has 0 saturated heterocycles. The van der Waals surface area contributed by atoms with Gasteiger partial charge in [-0.2, -0.15) is 0 Å². The normalized spacial score (nSPS) is 13.7. The van der Waals surface area contributed by atoms with Crippen molar-refractivity contribution in [3.63, 3.8) is 0 Å². The van der Waals surface area contributed by atoms with Gasteiger partial charge in [0, 0.05) is 42.7 Å². The third kappa shape index (κ3) is 5.02. The summed E-state index contributed by atoms with van der Waals surface area (Å²) in [6, 6.07) is 10.9. The fourth-order valence-corrected chi connectivity index (χ4v) is 4.65. The van der Waals surface area contributed by atoms with Crippen LogP contribution in [0.1, 0.15) is 23.2 Å². The van der Waals surface area contributed by atoms with Gasteiger partial charge in [-0.15, -0.1) is 11.3 Å². The van der Waals surface area contributed by atoms with E-state index in [0.717, 1.165) is 17.1 Å². The Morgan fingerprint density at radius 1 is 1.18 bits per heavy atom. The summed E-state index contributed by atoms with van der Waals surface area (Å²) >= 11 is 1.20. The summed E-state index contributed by atoms with van der Waals surface area (Å²) in [5, 5.41) is 19.2. The van der Waals surface area contributed by atoms with E-state index >= 15 is 0 Å². The Morgan fingerprint density at radius 2 is 1.88 bits per heavy atom. The largest absolute Gasteiger partial charge is 0.377 e.